The van der Waals surface area contributed by atoms with Crippen LogP contribution < -0.4 is 5.32 Å². The lowest BCUT2D eigenvalue weighted by molar-refractivity contribution is 0.0380. The first-order chi connectivity index (χ1) is 14.7. The zero-order valence-electron chi connectivity index (χ0n) is 18.7. The lowest BCUT2D eigenvalue weighted by Crippen LogP contribution is -2.17. The molecule has 3 aromatic rings. The Morgan fingerprint density at radius 1 is 1.16 bits per heavy atom. The summed E-state index contributed by atoms with van der Waals surface area (Å²) in [6, 6.07) is 9.78. The van der Waals surface area contributed by atoms with E-state index in [4.69, 9.17) is 9.26 Å². The van der Waals surface area contributed by atoms with Gasteiger partial charge in [0.15, 0.2) is 5.69 Å². The van der Waals surface area contributed by atoms with Crippen LogP contribution in [0.3, 0.4) is 0 Å². The van der Waals surface area contributed by atoms with Gasteiger partial charge in [0.1, 0.15) is 16.3 Å². The van der Waals surface area contributed by atoms with E-state index in [1.54, 1.807) is 26.8 Å². The molecule has 0 aliphatic heterocycles. The van der Waals surface area contributed by atoms with Crippen LogP contribution >= 0.6 is 11.3 Å². The van der Waals surface area contributed by atoms with Crippen LogP contribution in [0, 0.1) is 13.8 Å². The molecule has 31 heavy (non-hydrogen) atoms. The monoisotopic (exact) mass is 440 g/mol. The van der Waals surface area contributed by atoms with Gasteiger partial charge in [0.2, 0.25) is 0 Å². The average molecular weight is 441 g/mol. The summed E-state index contributed by atoms with van der Waals surface area (Å²) in [5.41, 5.74) is 3.46. The Morgan fingerprint density at radius 2 is 1.84 bits per heavy atom. The molecule has 0 spiro atoms. The van der Waals surface area contributed by atoms with E-state index in [1.165, 1.54) is 16.9 Å². The highest BCUT2D eigenvalue weighted by Gasteiger charge is 2.27. The number of ether oxygens (including phenoxy) is 1. The van der Waals surface area contributed by atoms with Gasteiger partial charge in [0.25, 0.3) is 5.91 Å². The third-order valence-corrected chi connectivity index (χ3v) is 6.12. The molecule has 1 atom stereocenters. The molecule has 0 aliphatic carbocycles. The summed E-state index contributed by atoms with van der Waals surface area (Å²) < 4.78 is 10.5. The second kappa shape index (κ2) is 9.47. The number of anilines is 1. The van der Waals surface area contributed by atoms with Crippen molar-refractivity contribution in [2.75, 3.05) is 5.32 Å². The Hall–Kier alpha value is -2.93. The average Bonchev–Trinajstić information content (AvgIpc) is 3.30. The number of carbonyl (C=O) groups excluding carboxylic acids is 2. The SMILES string of the molecule is CC[C@@H](C)c1ccc(-c2c(C)sc(NC(=O)c3cc(C)on3)c2C(=O)OC(C)C)cc1. The highest BCUT2D eigenvalue weighted by atomic mass is 32.1. The number of nitrogens with zero attached hydrogens (tertiary/aromatic N) is 1. The van der Waals surface area contributed by atoms with Crippen LogP contribution in [0.25, 0.3) is 11.1 Å². The zero-order chi connectivity index (χ0) is 22.7. The molecule has 1 amide bonds. The van der Waals surface area contributed by atoms with Crippen molar-refractivity contribution in [1.82, 2.24) is 5.16 Å². The second-order valence-electron chi connectivity index (χ2n) is 7.90. The van der Waals surface area contributed by atoms with Gasteiger partial charge in [-0.2, -0.15) is 0 Å². The van der Waals surface area contributed by atoms with Crippen LogP contribution in [-0.4, -0.2) is 23.1 Å². The van der Waals surface area contributed by atoms with E-state index >= 15 is 0 Å². The Labute approximate surface area is 186 Å². The minimum Gasteiger partial charge on any atom is -0.459 e. The number of benzene rings is 1. The van der Waals surface area contributed by atoms with E-state index in [9.17, 15) is 9.59 Å². The molecule has 0 saturated heterocycles. The number of aryl methyl sites for hydroxylation is 2. The summed E-state index contributed by atoms with van der Waals surface area (Å²) in [5.74, 6) is 0.0974. The molecule has 1 N–H and O–H groups in total. The van der Waals surface area contributed by atoms with E-state index in [0.29, 0.717) is 22.2 Å². The van der Waals surface area contributed by atoms with Gasteiger partial charge in [-0.25, -0.2) is 4.79 Å². The van der Waals surface area contributed by atoms with E-state index < -0.39 is 11.9 Å². The summed E-state index contributed by atoms with van der Waals surface area (Å²) >= 11 is 1.34. The van der Waals surface area contributed by atoms with E-state index in [1.807, 2.05) is 19.1 Å². The number of nitrogens with one attached hydrogen (secondary N) is 1. The van der Waals surface area contributed by atoms with Crippen LogP contribution in [-0.2, 0) is 4.74 Å². The fourth-order valence-electron chi connectivity index (χ4n) is 3.30. The first-order valence-electron chi connectivity index (χ1n) is 10.4. The molecule has 0 saturated carbocycles. The summed E-state index contributed by atoms with van der Waals surface area (Å²) in [6.45, 7) is 11.6. The molecule has 164 valence electrons. The maximum absolute atomic E-state index is 13.0. The lowest BCUT2D eigenvalue weighted by atomic mass is 9.94. The molecule has 0 aliphatic rings. The van der Waals surface area contributed by atoms with Crippen molar-refractivity contribution in [3.8, 4) is 11.1 Å². The number of esters is 1. The Bertz CT molecular complexity index is 1080. The quantitative estimate of drug-likeness (QED) is 0.433. The van der Waals surface area contributed by atoms with Crippen LogP contribution in [0.5, 0.6) is 0 Å². The van der Waals surface area contributed by atoms with Crippen molar-refractivity contribution in [2.24, 2.45) is 0 Å². The third kappa shape index (κ3) is 5.05. The maximum atomic E-state index is 13.0. The molecular weight excluding hydrogens is 412 g/mol. The van der Waals surface area contributed by atoms with Crippen molar-refractivity contribution < 1.29 is 18.8 Å². The summed E-state index contributed by atoms with van der Waals surface area (Å²) in [6.07, 6.45) is 0.774. The topological polar surface area (TPSA) is 81.4 Å². The first kappa shape index (κ1) is 22.7. The normalized spacial score (nSPS) is 12.1. The smallest absolute Gasteiger partial charge is 0.342 e. The molecule has 0 unspecified atom stereocenters. The molecule has 0 fully saturated rings. The van der Waals surface area contributed by atoms with Gasteiger partial charge in [-0.3, -0.25) is 4.79 Å². The highest BCUT2D eigenvalue weighted by molar-refractivity contribution is 7.17. The number of hydrogen-bond acceptors (Lipinski definition) is 6. The number of carbonyl (C=O) groups is 2. The summed E-state index contributed by atoms with van der Waals surface area (Å²) in [5, 5.41) is 7.02. The number of aromatic nitrogens is 1. The standard InChI is InChI=1S/C24H28N2O4S/c1-7-14(4)17-8-10-18(11-9-17)20-16(6)31-23(21(20)24(28)29-13(2)3)25-22(27)19-12-15(5)30-26-19/h8-14H,7H2,1-6H3,(H,25,27)/t14-/m1/s1. The molecule has 1 aromatic carbocycles. The minimum atomic E-state index is -0.466. The largest absolute Gasteiger partial charge is 0.459 e. The molecule has 3 rings (SSSR count). The number of rotatable bonds is 7. The van der Waals surface area contributed by atoms with Crippen molar-refractivity contribution in [1.29, 1.82) is 0 Å². The predicted octanol–water partition coefficient (Wildman–Crippen LogP) is 6.35. The van der Waals surface area contributed by atoms with Crippen LogP contribution in [0.1, 0.15) is 77.1 Å². The summed E-state index contributed by atoms with van der Waals surface area (Å²) in [4.78, 5) is 26.6. The van der Waals surface area contributed by atoms with Crippen LogP contribution in [0.4, 0.5) is 5.00 Å². The number of thiophene rings is 1. The molecule has 6 nitrogen and oxygen atoms in total. The fraction of sp³-hybridized carbons (Fsp3) is 0.375. The Balaban J connectivity index is 2.04. The van der Waals surface area contributed by atoms with Gasteiger partial charge in [-0.05, 0) is 51.2 Å². The minimum absolute atomic E-state index is 0.159. The molecule has 2 aromatic heterocycles. The zero-order valence-corrected chi connectivity index (χ0v) is 19.6. The number of amides is 1. The number of hydrogen-bond donors (Lipinski definition) is 1. The molecule has 0 bridgehead atoms. The van der Waals surface area contributed by atoms with E-state index in [2.05, 4.69) is 36.5 Å². The highest BCUT2D eigenvalue weighted by Crippen LogP contribution is 2.41. The second-order valence-corrected chi connectivity index (χ2v) is 9.12. The van der Waals surface area contributed by atoms with Crippen LogP contribution in [0.2, 0.25) is 0 Å². The first-order valence-corrected chi connectivity index (χ1v) is 11.2. The van der Waals surface area contributed by atoms with Gasteiger partial charge in [0, 0.05) is 16.5 Å². The van der Waals surface area contributed by atoms with Gasteiger partial charge in [0.05, 0.1) is 6.10 Å². The van der Waals surface area contributed by atoms with Crippen molar-refractivity contribution in [3.63, 3.8) is 0 Å². The van der Waals surface area contributed by atoms with Gasteiger partial charge < -0.3 is 14.6 Å². The van der Waals surface area contributed by atoms with Gasteiger partial charge in [-0.15, -0.1) is 11.3 Å². The van der Waals surface area contributed by atoms with Crippen molar-refractivity contribution >= 4 is 28.2 Å². The van der Waals surface area contributed by atoms with Gasteiger partial charge in [-0.1, -0.05) is 43.3 Å². The Morgan fingerprint density at radius 3 is 2.39 bits per heavy atom. The maximum Gasteiger partial charge on any atom is 0.342 e. The van der Waals surface area contributed by atoms with Gasteiger partial charge >= 0.3 is 5.97 Å². The summed E-state index contributed by atoms with van der Waals surface area (Å²) in [7, 11) is 0. The lowest BCUT2D eigenvalue weighted by Gasteiger charge is -2.13. The molecular formula is C24H28N2O4S. The van der Waals surface area contributed by atoms with Crippen molar-refractivity contribution in [2.45, 2.75) is 60.0 Å². The molecule has 0 radical (unpaired) electrons. The van der Waals surface area contributed by atoms with E-state index in [-0.39, 0.29) is 11.8 Å². The van der Waals surface area contributed by atoms with Crippen molar-refractivity contribution in [3.05, 3.63) is 57.8 Å². The Kier molecular flexibility index (Phi) is 6.95. The van der Waals surface area contributed by atoms with E-state index in [0.717, 1.165) is 22.4 Å². The predicted molar refractivity (Wildman–Crippen MR) is 123 cm³/mol. The fourth-order valence-corrected chi connectivity index (χ4v) is 4.36. The third-order valence-electron chi connectivity index (χ3n) is 5.10. The molecule has 2 heterocycles. The molecule has 7 heteroatoms. The van der Waals surface area contributed by atoms with Crippen LogP contribution in [0.15, 0.2) is 34.9 Å².